The lowest BCUT2D eigenvalue weighted by Gasteiger charge is -2.57. The van der Waals surface area contributed by atoms with Gasteiger partial charge < -0.3 is 9.84 Å². The van der Waals surface area contributed by atoms with Crippen molar-refractivity contribution >= 4 is 0 Å². The minimum Gasteiger partial charge on any atom is -0.393 e. The van der Waals surface area contributed by atoms with Gasteiger partial charge in [-0.3, -0.25) is 0 Å². The van der Waals surface area contributed by atoms with Gasteiger partial charge in [0.2, 0.25) is 0 Å². The lowest BCUT2D eigenvalue weighted by Crippen LogP contribution is -2.57. The molecule has 3 saturated carbocycles. The molecule has 2 aliphatic heterocycles. The number of ether oxygens (including phenoxy) is 1. The monoisotopic (exact) mass is 412 g/mol. The maximum absolute atomic E-state index is 10.3. The second-order valence-electron chi connectivity index (χ2n) is 12.6. The third-order valence-electron chi connectivity index (χ3n) is 11.0. The van der Waals surface area contributed by atoms with Crippen LogP contribution in [0.25, 0.3) is 0 Å². The summed E-state index contributed by atoms with van der Waals surface area (Å²) >= 11 is 0. The molecule has 1 spiro atoms. The van der Waals surface area contributed by atoms with Gasteiger partial charge >= 0.3 is 0 Å². The summed E-state index contributed by atoms with van der Waals surface area (Å²) < 4.78 is 6.90. The molecule has 2 heterocycles. The van der Waals surface area contributed by atoms with E-state index in [1.807, 2.05) is 0 Å². The molecule has 2 nitrogen and oxygen atoms in total. The van der Waals surface area contributed by atoms with Gasteiger partial charge in [0.05, 0.1) is 17.8 Å². The third-order valence-corrected chi connectivity index (χ3v) is 11.0. The van der Waals surface area contributed by atoms with Crippen LogP contribution in [-0.4, -0.2) is 22.9 Å². The lowest BCUT2D eigenvalue weighted by molar-refractivity contribution is -0.0905. The summed E-state index contributed by atoms with van der Waals surface area (Å²) in [4.78, 5) is 0. The summed E-state index contributed by atoms with van der Waals surface area (Å²) in [7, 11) is 0. The van der Waals surface area contributed by atoms with Crippen molar-refractivity contribution in [2.75, 3.05) is 0 Å². The van der Waals surface area contributed by atoms with E-state index in [0.717, 1.165) is 25.2 Å². The first-order chi connectivity index (χ1) is 14.1. The molecule has 10 atom stereocenters. The van der Waals surface area contributed by atoms with Gasteiger partial charge in [-0.15, -0.1) is 0 Å². The molecule has 2 bridgehead atoms. The number of allylic oxidation sites excluding steroid dienone is 2. The highest BCUT2D eigenvalue weighted by atomic mass is 16.5. The van der Waals surface area contributed by atoms with Crippen LogP contribution in [-0.2, 0) is 4.74 Å². The summed E-state index contributed by atoms with van der Waals surface area (Å²) in [6.07, 6.45) is 15.9. The van der Waals surface area contributed by atoms with Crippen molar-refractivity contribution in [2.45, 2.75) is 104 Å². The van der Waals surface area contributed by atoms with Crippen molar-refractivity contribution < 1.29 is 9.84 Å². The van der Waals surface area contributed by atoms with Crippen molar-refractivity contribution in [2.24, 2.45) is 46.3 Å². The molecular formula is C28H44O2. The van der Waals surface area contributed by atoms with Gasteiger partial charge in [-0.1, -0.05) is 59.8 Å². The van der Waals surface area contributed by atoms with E-state index in [-0.39, 0.29) is 23.2 Å². The zero-order valence-corrected chi connectivity index (χ0v) is 20.2. The Labute approximate surface area is 184 Å². The molecule has 30 heavy (non-hydrogen) atoms. The molecule has 1 N–H and O–H groups in total. The highest BCUT2D eigenvalue weighted by Crippen LogP contribution is 2.73. The average Bonchev–Trinajstić information content (AvgIpc) is 3.32. The smallest absolute Gasteiger partial charge is 0.0960 e. The van der Waals surface area contributed by atoms with Crippen LogP contribution in [0, 0.1) is 46.3 Å². The summed E-state index contributed by atoms with van der Waals surface area (Å²) in [5.41, 5.74) is 2.31. The summed E-state index contributed by atoms with van der Waals surface area (Å²) in [6.45, 7) is 14.6. The summed E-state index contributed by atoms with van der Waals surface area (Å²) in [6, 6.07) is 0. The first-order valence-corrected chi connectivity index (χ1v) is 12.9. The Balaban J connectivity index is 1.41. The van der Waals surface area contributed by atoms with E-state index in [0.29, 0.717) is 35.0 Å². The number of aliphatic hydroxyl groups excluding tert-OH is 1. The fourth-order valence-corrected chi connectivity index (χ4v) is 8.67. The average molecular weight is 413 g/mol. The Morgan fingerprint density at radius 1 is 1.03 bits per heavy atom. The van der Waals surface area contributed by atoms with E-state index in [1.54, 1.807) is 5.57 Å². The Hall–Kier alpha value is -0.600. The maximum Gasteiger partial charge on any atom is 0.0960 e. The molecule has 0 radical (unpaired) electrons. The fourth-order valence-electron chi connectivity index (χ4n) is 8.67. The van der Waals surface area contributed by atoms with E-state index < -0.39 is 0 Å². The first-order valence-electron chi connectivity index (χ1n) is 12.9. The molecule has 5 aliphatic rings. The van der Waals surface area contributed by atoms with Gasteiger partial charge in [-0.05, 0) is 91.4 Å². The Kier molecular flexibility index (Phi) is 4.92. The van der Waals surface area contributed by atoms with Crippen LogP contribution in [0.3, 0.4) is 0 Å². The van der Waals surface area contributed by atoms with Crippen LogP contribution < -0.4 is 0 Å². The predicted octanol–water partition coefficient (Wildman–Crippen LogP) is 6.54. The number of aliphatic hydroxyl groups is 1. The number of hydrogen-bond donors (Lipinski definition) is 1. The quantitative estimate of drug-likeness (QED) is 0.531. The SMILES string of the molecule is CC(C)[C@@H](C)/C=C/[C@@H](C)C1CCC2C3=C[C@@H]4O[C@@]3(CC[C@@]21C)[C@@]1(C)CC[C@H](O)CC41. The normalized spacial score (nSPS) is 51.6. The number of rotatable bonds is 4. The molecule has 5 rings (SSSR count). The highest BCUT2D eigenvalue weighted by Gasteiger charge is 2.72. The van der Waals surface area contributed by atoms with Crippen molar-refractivity contribution in [3.63, 3.8) is 0 Å². The van der Waals surface area contributed by atoms with E-state index in [2.05, 4.69) is 59.8 Å². The van der Waals surface area contributed by atoms with Crippen molar-refractivity contribution in [3.05, 3.63) is 23.8 Å². The molecule has 168 valence electrons. The van der Waals surface area contributed by atoms with E-state index >= 15 is 0 Å². The number of hydrogen-bond acceptors (Lipinski definition) is 2. The van der Waals surface area contributed by atoms with Gasteiger partial charge in [0.15, 0.2) is 0 Å². The predicted molar refractivity (Wildman–Crippen MR) is 123 cm³/mol. The van der Waals surface area contributed by atoms with Gasteiger partial charge in [-0.25, -0.2) is 0 Å². The van der Waals surface area contributed by atoms with Crippen LogP contribution in [0.2, 0.25) is 0 Å². The van der Waals surface area contributed by atoms with Crippen molar-refractivity contribution in [3.8, 4) is 0 Å². The molecule has 0 aromatic carbocycles. The Bertz CT molecular complexity index is 752. The van der Waals surface area contributed by atoms with Crippen molar-refractivity contribution in [1.82, 2.24) is 0 Å². The van der Waals surface area contributed by atoms with Gasteiger partial charge in [0.1, 0.15) is 0 Å². The minimum absolute atomic E-state index is 0.0211. The summed E-state index contributed by atoms with van der Waals surface area (Å²) in [5.74, 6) is 4.03. The standard InChI is InChI=1S/C28H44O2/c1-17(2)18(3)7-8-19(4)21-9-10-22-23-16-25-24-15-20(29)11-12-27(24,6)28(23,30-25)14-13-26(21,22)5/h7-8,16-22,24-25,29H,9-15H2,1-6H3/b8-7+/t18-,19+,20-,21?,22?,24?,25-,26+,27-,28+/m0/s1. The molecule has 3 aliphatic carbocycles. The van der Waals surface area contributed by atoms with E-state index in [4.69, 9.17) is 4.74 Å². The maximum atomic E-state index is 10.3. The van der Waals surface area contributed by atoms with Gasteiger partial charge in [0.25, 0.3) is 0 Å². The van der Waals surface area contributed by atoms with Crippen LogP contribution in [0.4, 0.5) is 0 Å². The minimum atomic E-state index is -0.121. The molecule has 0 amide bonds. The zero-order valence-electron chi connectivity index (χ0n) is 20.2. The van der Waals surface area contributed by atoms with Crippen LogP contribution in [0.5, 0.6) is 0 Å². The first kappa shape index (κ1) is 21.3. The molecule has 3 unspecified atom stereocenters. The fraction of sp³-hybridized carbons (Fsp3) is 0.857. The largest absolute Gasteiger partial charge is 0.393 e. The molecular weight excluding hydrogens is 368 g/mol. The Morgan fingerprint density at radius 2 is 1.80 bits per heavy atom. The van der Waals surface area contributed by atoms with Crippen LogP contribution in [0.1, 0.15) is 86.5 Å². The Morgan fingerprint density at radius 3 is 2.53 bits per heavy atom. The zero-order chi connectivity index (χ0) is 21.5. The molecule has 1 saturated heterocycles. The topological polar surface area (TPSA) is 29.5 Å². The van der Waals surface area contributed by atoms with Gasteiger partial charge in [-0.2, -0.15) is 0 Å². The number of fused-ring (bicyclic) bond motifs is 5. The second kappa shape index (κ2) is 6.95. The second-order valence-corrected chi connectivity index (χ2v) is 12.6. The molecule has 0 aromatic rings. The van der Waals surface area contributed by atoms with Crippen molar-refractivity contribution in [1.29, 1.82) is 0 Å². The van der Waals surface area contributed by atoms with E-state index in [1.165, 1.54) is 25.7 Å². The van der Waals surface area contributed by atoms with E-state index in [9.17, 15) is 5.11 Å². The molecule has 0 aromatic heterocycles. The van der Waals surface area contributed by atoms with Gasteiger partial charge in [0, 0.05) is 5.41 Å². The highest BCUT2D eigenvalue weighted by molar-refractivity contribution is 5.42. The molecule has 2 heteroatoms. The lowest BCUT2D eigenvalue weighted by atomic mass is 9.47. The third kappa shape index (κ3) is 2.68. The molecule has 4 fully saturated rings. The van der Waals surface area contributed by atoms with Crippen LogP contribution >= 0.6 is 0 Å². The van der Waals surface area contributed by atoms with Crippen LogP contribution in [0.15, 0.2) is 23.8 Å². The summed E-state index contributed by atoms with van der Waals surface area (Å²) in [5, 5.41) is 10.3.